The third kappa shape index (κ3) is 4.51. The van der Waals surface area contributed by atoms with Gasteiger partial charge in [-0.3, -0.25) is 9.59 Å². The van der Waals surface area contributed by atoms with Gasteiger partial charge >= 0.3 is 5.97 Å². The van der Waals surface area contributed by atoms with E-state index in [4.69, 9.17) is 5.11 Å². The van der Waals surface area contributed by atoms with E-state index in [0.717, 1.165) is 27.9 Å². The monoisotopic (exact) mass is 353 g/mol. The molecule has 0 aliphatic carbocycles. The summed E-state index contributed by atoms with van der Waals surface area (Å²) in [6.07, 6.45) is 1.32. The van der Waals surface area contributed by atoms with Gasteiger partial charge in [-0.1, -0.05) is 24.3 Å². The first-order chi connectivity index (χ1) is 12.3. The van der Waals surface area contributed by atoms with Gasteiger partial charge in [0, 0.05) is 24.2 Å². The van der Waals surface area contributed by atoms with Crippen LogP contribution >= 0.6 is 0 Å². The SMILES string of the molecule is CCN(C(=O)c1cc(C)c(C)cc1C)c1ccccc1CCCC(=O)O. The van der Waals surface area contributed by atoms with Crippen LogP contribution in [-0.4, -0.2) is 23.5 Å². The largest absolute Gasteiger partial charge is 0.481 e. The van der Waals surface area contributed by atoms with Crippen molar-refractivity contribution in [1.82, 2.24) is 0 Å². The zero-order valence-electron chi connectivity index (χ0n) is 16.0. The zero-order chi connectivity index (χ0) is 19.3. The Morgan fingerprint density at radius 3 is 2.31 bits per heavy atom. The minimum absolute atomic E-state index is 0.0150. The van der Waals surface area contributed by atoms with Gasteiger partial charge in [0.05, 0.1) is 0 Å². The first-order valence-electron chi connectivity index (χ1n) is 9.04. The number of nitrogens with zero attached hydrogens (tertiary/aromatic N) is 1. The van der Waals surface area contributed by atoms with E-state index < -0.39 is 5.97 Å². The number of carbonyl (C=O) groups is 2. The van der Waals surface area contributed by atoms with Crippen molar-refractivity contribution in [1.29, 1.82) is 0 Å². The fourth-order valence-corrected chi connectivity index (χ4v) is 3.18. The molecule has 0 aromatic heterocycles. The number of rotatable bonds is 7. The molecule has 2 aromatic carbocycles. The van der Waals surface area contributed by atoms with Crippen LogP contribution in [0.4, 0.5) is 5.69 Å². The summed E-state index contributed by atoms with van der Waals surface area (Å²) in [5.74, 6) is -0.810. The molecule has 0 saturated carbocycles. The molecule has 0 unspecified atom stereocenters. The molecule has 4 heteroatoms. The van der Waals surface area contributed by atoms with E-state index >= 15 is 0 Å². The summed E-state index contributed by atoms with van der Waals surface area (Å²) in [6.45, 7) is 8.54. The molecule has 138 valence electrons. The predicted molar refractivity (Wildman–Crippen MR) is 105 cm³/mol. The van der Waals surface area contributed by atoms with Crippen LogP contribution in [0.1, 0.15) is 52.4 Å². The zero-order valence-corrected chi connectivity index (χ0v) is 16.0. The Bertz CT molecular complexity index is 811. The summed E-state index contributed by atoms with van der Waals surface area (Å²) < 4.78 is 0. The van der Waals surface area contributed by atoms with Crippen molar-refractivity contribution >= 4 is 17.6 Å². The van der Waals surface area contributed by atoms with Crippen LogP contribution in [0.25, 0.3) is 0 Å². The first-order valence-corrected chi connectivity index (χ1v) is 9.04. The summed E-state index contributed by atoms with van der Waals surface area (Å²) in [7, 11) is 0. The average molecular weight is 353 g/mol. The summed E-state index contributed by atoms with van der Waals surface area (Å²) in [5, 5.41) is 8.87. The highest BCUT2D eigenvalue weighted by atomic mass is 16.4. The van der Waals surface area contributed by atoms with Crippen LogP contribution in [0, 0.1) is 20.8 Å². The molecule has 0 radical (unpaired) electrons. The number of anilines is 1. The van der Waals surface area contributed by atoms with E-state index in [2.05, 4.69) is 6.07 Å². The van der Waals surface area contributed by atoms with Gasteiger partial charge in [0.1, 0.15) is 0 Å². The molecule has 0 saturated heterocycles. The molecule has 0 bridgehead atoms. The Hall–Kier alpha value is -2.62. The van der Waals surface area contributed by atoms with Crippen molar-refractivity contribution in [3.8, 4) is 0 Å². The number of aryl methyl sites for hydroxylation is 4. The maximum Gasteiger partial charge on any atom is 0.303 e. The van der Waals surface area contributed by atoms with Gasteiger partial charge in [-0.15, -0.1) is 0 Å². The van der Waals surface area contributed by atoms with Crippen molar-refractivity contribution in [2.24, 2.45) is 0 Å². The van der Waals surface area contributed by atoms with Crippen LogP contribution in [0.2, 0.25) is 0 Å². The van der Waals surface area contributed by atoms with Crippen molar-refractivity contribution in [2.75, 3.05) is 11.4 Å². The second kappa shape index (κ2) is 8.65. The van der Waals surface area contributed by atoms with E-state index in [1.54, 1.807) is 4.90 Å². The molecule has 2 aromatic rings. The number of hydrogen-bond donors (Lipinski definition) is 1. The third-order valence-electron chi connectivity index (χ3n) is 4.75. The molecular weight excluding hydrogens is 326 g/mol. The molecule has 2 rings (SSSR count). The maximum absolute atomic E-state index is 13.2. The number of hydrogen-bond acceptors (Lipinski definition) is 2. The molecule has 4 nitrogen and oxygen atoms in total. The van der Waals surface area contributed by atoms with Gasteiger partial charge in [0.2, 0.25) is 0 Å². The molecule has 0 atom stereocenters. The fourth-order valence-electron chi connectivity index (χ4n) is 3.18. The summed E-state index contributed by atoms with van der Waals surface area (Å²) >= 11 is 0. The molecule has 0 heterocycles. The first kappa shape index (κ1) is 19.7. The molecule has 0 aliphatic rings. The normalized spacial score (nSPS) is 10.6. The van der Waals surface area contributed by atoms with Crippen LogP contribution < -0.4 is 4.90 Å². The predicted octanol–water partition coefficient (Wildman–Crippen LogP) is 4.69. The van der Waals surface area contributed by atoms with Crippen LogP contribution in [0.3, 0.4) is 0 Å². The van der Waals surface area contributed by atoms with Gasteiger partial charge in [0.25, 0.3) is 5.91 Å². The topological polar surface area (TPSA) is 57.6 Å². The van der Waals surface area contributed by atoms with Crippen molar-refractivity contribution in [2.45, 2.75) is 47.0 Å². The standard InChI is InChI=1S/C22H27NO3/c1-5-23(22(26)19-14-16(3)15(2)13-17(19)4)20-11-7-6-9-18(20)10-8-12-21(24)25/h6-7,9,11,13-14H,5,8,10,12H2,1-4H3,(H,24,25). The van der Waals surface area contributed by atoms with E-state index in [9.17, 15) is 9.59 Å². The Morgan fingerprint density at radius 2 is 1.65 bits per heavy atom. The number of carboxylic acids is 1. The van der Waals surface area contributed by atoms with Gasteiger partial charge < -0.3 is 10.0 Å². The number of carboxylic acid groups (broad SMARTS) is 1. The average Bonchev–Trinajstić information content (AvgIpc) is 2.59. The number of aliphatic carboxylic acids is 1. The van der Waals surface area contributed by atoms with Crippen LogP contribution in [0.15, 0.2) is 36.4 Å². The smallest absolute Gasteiger partial charge is 0.303 e. The Kier molecular flexibility index (Phi) is 6.56. The van der Waals surface area contributed by atoms with Crippen LogP contribution in [0.5, 0.6) is 0 Å². The van der Waals surface area contributed by atoms with Crippen molar-refractivity contribution in [3.63, 3.8) is 0 Å². The highest BCUT2D eigenvalue weighted by Crippen LogP contribution is 2.26. The number of amides is 1. The van der Waals surface area contributed by atoms with E-state index in [0.29, 0.717) is 19.4 Å². The number of carbonyl (C=O) groups excluding carboxylic acids is 1. The van der Waals surface area contributed by atoms with Crippen molar-refractivity contribution < 1.29 is 14.7 Å². The van der Waals surface area contributed by atoms with E-state index in [1.807, 2.05) is 58.0 Å². The molecule has 0 fully saturated rings. The van der Waals surface area contributed by atoms with Crippen molar-refractivity contribution in [3.05, 3.63) is 64.2 Å². The lowest BCUT2D eigenvalue weighted by Gasteiger charge is -2.25. The molecule has 1 amide bonds. The lowest BCUT2D eigenvalue weighted by Crippen LogP contribution is -2.32. The lowest BCUT2D eigenvalue weighted by molar-refractivity contribution is -0.137. The summed E-state index contributed by atoms with van der Waals surface area (Å²) in [5.41, 5.74) is 5.84. The Morgan fingerprint density at radius 1 is 1.00 bits per heavy atom. The highest BCUT2D eigenvalue weighted by molar-refractivity contribution is 6.07. The summed E-state index contributed by atoms with van der Waals surface area (Å²) in [4.78, 5) is 25.8. The van der Waals surface area contributed by atoms with Crippen LogP contribution in [-0.2, 0) is 11.2 Å². The molecule has 0 spiro atoms. The van der Waals surface area contributed by atoms with Gasteiger partial charge in [0.15, 0.2) is 0 Å². The molecule has 1 N–H and O–H groups in total. The van der Waals surface area contributed by atoms with E-state index in [1.165, 1.54) is 5.56 Å². The highest BCUT2D eigenvalue weighted by Gasteiger charge is 2.20. The molecular formula is C22H27NO3. The van der Waals surface area contributed by atoms with Gasteiger partial charge in [-0.05, 0) is 74.9 Å². The molecule has 0 aliphatic heterocycles. The van der Waals surface area contributed by atoms with E-state index in [-0.39, 0.29) is 12.3 Å². The Balaban J connectivity index is 2.35. The number of benzene rings is 2. The number of para-hydroxylation sites is 1. The quantitative estimate of drug-likeness (QED) is 0.786. The maximum atomic E-state index is 13.2. The fraction of sp³-hybridized carbons (Fsp3) is 0.364. The van der Waals surface area contributed by atoms with Gasteiger partial charge in [-0.2, -0.15) is 0 Å². The lowest BCUT2D eigenvalue weighted by atomic mass is 9.99. The minimum atomic E-state index is -0.795. The Labute approximate surface area is 155 Å². The second-order valence-electron chi connectivity index (χ2n) is 6.68. The minimum Gasteiger partial charge on any atom is -0.481 e. The van der Waals surface area contributed by atoms with Gasteiger partial charge in [-0.25, -0.2) is 0 Å². The third-order valence-corrected chi connectivity index (χ3v) is 4.75. The second-order valence-corrected chi connectivity index (χ2v) is 6.68. The molecule has 26 heavy (non-hydrogen) atoms. The summed E-state index contributed by atoms with van der Waals surface area (Å²) in [6, 6.07) is 11.8.